The van der Waals surface area contributed by atoms with Crippen molar-refractivity contribution in [2.75, 3.05) is 0 Å². The van der Waals surface area contributed by atoms with Gasteiger partial charge in [0, 0.05) is 28.3 Å². The molecule has 0 radical (unpaired) electrons. The zero-order valence-corrected chi connectivity index (χ0v) is 15.6. The first-order valence-corrected chi connectivity index (χ1v) is 8.50. The highest BCUT2D eigenvalue weighted by atomic mass is 79.9. The number of pyridine rings is 1. The Hall–Kier alpha value is -1.68. The minimum absolute atomic E-state index is 0.0475. The number of aryl methyl sites for hydroxylation is 1. The maximum Gasteiger partial charge on any atom is 0.0875 e. The van der Waals surface area contributed by atoms with Gasteiger partial charge in [-0.3, -0.25) is 4.98 Å². The summed E-state index contributed by atoms with van der Waals surface area (Å²) < 4.78 is 1.06. The molecule has 0 aliphatic heterocycles. The highest BCUT2D eigenvalue weighted by molar-refractivity contribution is 9.10. The van der Waals surface area contributed by atoms with Crippen LogP contribution in [0.3, 0.4) is 0 Å². The van der Waals surface area contributed by atoms with Crippen LogP contribution < -0.4 is 0 Å². The molecule has 3 nitrogen and oxygen atoms in total. The van der Waals surface area contributed by atoms with E-state index in [0.717, 1.165) is 15.7 Å². The molecule has 1 aromatic carbocycles. The minimum atomic E-state index is 0.0475. The molecule has 23 heavy (non-hydrogen) atoms. The van der Waals surface area contributed by atoms with Gasteiger partial charge >= 0.3 is 0 Å². The van der Waals surface area contributed by atoms with Crippen molar-refractivity contribution in [2.45, 2.75) is 40.0 Å². The molecule has 0 aliphatic rings. The summed E-state index contributed by atoms with van der Waals surface area (Å²) >= 11 is 3.48. The molecular formula is C19H23BrN2O. The van der Waals surface area contributed by atoms with Gasteiger partial charge in [0.05, 0.1) is 5.71 Å². The van der Waals surface area contributed by atoms with Gasteiger partial charge in [-0.1, -0.05) is 54.0 Å². The highest BCUT2D eigenvalue weighted by Gasteiger charge is 2.28. The van der Waals surface area contributed by atoms with Crippen molar-refractivity contribution < 1.29 is 5.21 Å². The average Bonchev–Trinajstić information content (AvgIpc) is 2.48. The van der Waals surface area contributed by atoms with Gasteiger partial charge in [0.15, 0.2) is 0 Å². The van der Waals surface area contributed by atoms with Gasteiger partial charge in [0.25, 0.3) is 0 Å². The first-order chi connectivity index (χ1) is 10.8. The van der Waals surface area contributed by atoms with Crippen molar-refractivity contribution in [3.63, 3.8) is 0 Å². The van der Waals surface area contributed by atoms with E-state index in [-0.39, 0.29) is 11.3 Å². The first-order valence-electron chi connectivity index (χ1n) is 7.70. The van der Waals surface area contributed by atoms with Crippen LogP contribution in [-0.2, 0) is 0 Å². The van der Waals surface area contributed by atoms with Crippen LogP contribution in [0.25, 0.3) is 0 Å². The van der Waals surface area contributed by atoms with E-state index in [9.17, 15) is 5.21 Å². The van der Waals surface area contributed by atoms with Crippen LogP contribution in [0.4, 0.5) is 0 Å². The maximum atomic E-state index is 9.54. The van der Waals surface area contributed by atoms with Crippen LogP contribution in [0.2, 0.25) is 0 Å². The van der Waals surface area contributed by atoms with Crippen molar-refractivity contribution in [3.05, 3.63) is 63.9 Å². The van der Waals surface area contributed by atoms with Gasteiger partial charge in [-0.2, -0.15) is 0 Å². The molecule has 0 aliphatic carbocycles. The lowest BCUT2D eigenvalue weighted by Crippen LogP contribution is -2.22. The predicted octanol–water partition coefficient (Wildman–Crippen LogP) is 5.55. The fourth-order valence-electron chi connectivity index (χ4n) is 2.75. The van der Waals surface area contributed by atoms with E-state index < -0.39 is 0 Å². The summed E-state index contributed by atoms with van der Waals surface area (Å²) in [6.45, 7) is 8.58. The van der Waals surface area contributed by atoms with Crippen LogP contribution >= 0.6 is 15.9 Å². The van der Waals surface area contributed by atoms with Gasteiger partial charge in [0.2, 0.25) is 0 Å². The number of nitrogens with zero attached hydrogens (tertiary/aromatic N) is 2. The van der Waals surface area contributed by atoms with E-state index in [1.165, 1.54) is 5.56 Å². The predicted molar refractivity (Wildman–Crippen MR) is 98.3 cm³/mol. The van der Waals surface area contributed by atoms with Crippen LogP contribution in [-0.4, -0.2) is 15.9 Å². The summed E-state index contributed by atoms with van der Waals surface area (Å²) in [6, 6.07) is 12.2. The Morgan fingerprint density at radius 3 is 2.39 bits per heavy atom. The van der Waals surface area contributed by atoms with E-state index in [1.54, 1.807) is 6.20 Å². The number of hydrogen-bond donors (Lipinski definition) is 1. The van der Waals surface area contributed by atoms with Crippen LogP contribution in [0.1, 0.15) is 49.9 Å². The molecule has 0 bridgehead atoms. The monoisotopic (exact) mass is 374 g/mol. The second kappa shape index (κ2) is 7.26. The summed E-state index contributed by atoms with van der Waals surface area (Å²) in [5, 5.41) is 13.1. The smallest absolute Gasteiger partial charge is 0.0875 e. The molecule has 122 valence electrons. The van der Waals surface area contributed by atoms with Crippen molar-refractivity contribution in [3.8, 4) is 0 Å². The quantitative estimate of drug-likeness (QED) is 0.433. The van der Waals surface area contributed by atoms with E-state index >= 15 is 0 Å². The van der Waals surface area contributed by atoms with Gasteiger partial charge in [-0.25, -0.2) is 0 Å². The summed E-state index contributed by atoms with van der Waals surface area (Å²) in [7, 11) is 0. The average molecular weight is 375 g/mol. The number of benzene rings is 1. The molecule has 4 heteroatoms. The zero-order valence-electron chi connectivity index (χ0n) is 14.0. The molecule has 1 heterocycles. The molecular weight excluding hydrogens is 352 g/mol. The molecule has 0 fully saturated rings. The number of hydrogen-bond acceptors (Lipinski definition) is 3. The zero-order chi connectivity index (χ0) is 17.0. The third-order valence-corrected chi connectivity index (χ3v) is 4.59. The minimum Gasteiger partial charge on any atom is -0.411 e. The molecule has 1 atom stereocenters. The van der Waals surface area contributed by atoms with Crippen molar-refractivity contribution in [1.82, 2.24) is 4.98 Å². The first kappa shape index (κ1) is 17.7. The largest absolute Gasteiger partial charge is 0.411 e. The third-order valence-electron chi connectivity index (χ3n) is 4.07. The van der Waals surface area contributed by atoms with Gasteiger partial charge < -0.3 is 5.21 Å². The standard InChI is InChI=1S/C19H23BrN2O/c1-13-11-15(9-10-21-13)18(22-23)12-17(19(2,3)4)14-5-7-16(20)8-6-14/h5-11,17,23H,12H2,1-4H3/b22-18+. The highest BCUT2D eigenvalue weighted by Crippen LogP contribution is 2.39. The van der Waals surface area contributed by atoms with E-state index in [4.69, 9.17) is 0 Å². The second-order valence-corrected chi connectivity index (χ2v) is 7.82. The summed E-state index contributed by atoms with van der Waals surface area (Å²) in [5.41, 5.74) is 3.82. The second-order valence-electron chi connectivity index (χ2n) is 6.91. The molecule has 2 rings (SSSR count). The van der Waals surface area contributed by atoms with E-state index in [0.29, 0.717) is 12.1 Å². The summed E-state index contributed by atoms with van der Waals surface area (Å²) in [5.74, 6) is 0.245. The Labute approximate surface area is 146 Å². The fraction of sp³-hybridized carbons (Fsp3) is 0.368. The Morgan fingerprint density at radius 2 is 1.87 bits per heavy atom. The molecule has 1 aromatic heterocycles. The summed E-state index contributed by atoms with van der Waals surface area (Å²) in [6.07, 6.45) is 2.42. The lowest BCUT2D eigenvalue weighted by molar-refractivity contribution is 0.305. The number of halogens is 1. The molecule has 0 spiro atoms. The van der Waals surface area contributed by atoms with Crippen molar-refractivity contribution in [2.24, 2.45) is 10.6 Å². The number of oxime groups is 1. The van der Waals surface area contributed by atoms with Crippen molar-refractivity contribution in [1.29, 1.82) is 0 Å². The lowest BCUT2D eigenvalue weighted by Gasteiger charge is -2.31. The fourth-order valence-corrected chi connectivity index (χ4v) is 3.02. The van der Waals surface area contributed by atoms with E-state index in [2.05, 4.69) is 71.1 Å². The summed E-state index contributed by atoms with van der Waals surface area (Å²) in [4.78, 5) is 4.21. The normalized spacial score (nSPS) is 13.9. The van der Waals surface area contributed by atoms with Crippen LogP contribution in [0.5, 0.6) is 0 Å². The van der Waals surface area contributed by atoms with Gasteiger partial charge in [-0.15, -0.1) is 0 Å². The number of rotatable bonds is 4. The van der Waals surface area contributed by atoms with Crippen molar-refractivity contribution >= 4 is 21.6 Å². The molecule has 0 saturated carbocycles. The Balaban J connectivity index is 2.35. The molecule has 0 saturated heterocycles. The Bertz CT molecular complexity index is 687. The van der Waals surface area contributed by atoms with Crippen LogP contribution in [0.15, 0.2) is 52.2 Å². The Kier molecular flexibility index (Phi) is 5.58. The topological polar surface area (TPSA) is 45.5 Å². The van der Waals surface area contributed by atoms with Gasteiger partial charge in [-0.05, 0) is 48.1 Å². The molecule has 1 N–H and O–H groups in total. The molecule has 0 amide bonds. The molecule has 2 aromatic rings. The SMILES string of the molecule is Cc1cc(/C(CC(c2ccc(Br)cc2)C(C)(C)C)=N/O)ccn1. The van der Waals surface area contributed by atoms with Crippen LogP contribution in [0, 0.1) is 12.3 Å². The molecule has 1 unspecified atom stereocenters. The lowest BCUT2D eigenvalue weighted by atomic mass is 9.73. The van der Waals surface area contributed by atoms with E-state index in [1.807, 2.05) is 19.1 Å². The third kappa shape index (κ3) is 4.64. The maximum absolute atomic E-state index is 9.54. The number of aromatic nitrogens is 1. The van der Waals surface area contributed by atoms with Gasteiger partial charge in [0.1, 0.15) is 0 Å². The Morgan fingerprint density at radius 1 is 1.22 bits per heavy atom.